The predicted octanol–water partition coefficient (Wildman–Crippen LogP) is 8.02. The number of aryl methyl sites for hydroxylation is 1. The van der Waals surface area contributed by atoms with Crippen molar-refractivity contribution in [3.8, 4) is 0 Å². The van der Waals surface area contributed by atoms with Gasteiger partial charge in [-0.2, -0.15) is 0 Å². The van der Waals surface area contributed by atoms with E-state index >= 15 is 0 Å². The van der Waals surface area contributed by atoms with Crippen LogP contribution in [-0.4, -0.2) is 28.6 Å². The van der Waals surface area contributed by atoms with E-state index < -0.39 is 23.4 Å². The van der Waals surface area contributed by atoms with Crippen LogP contribution in [0.25, 0.3) is 0 Å². The number of allylic oxidation sites excluding steroid dienone is 2. The molecular formula is C28H46O3SSi. The first-order valence-corrected chi connectivity index (χ1v) is 16.7. The SMILES string of the molecule is CC1=C(C(C/C(C)=C/CO[Si](C)(C)C(C)(C)C)S(=O)(=O)c2ccc(C)cc2)C(C)(C)CCC1. The third-order valence-corrected chi connectivity index (χ3v) is 14.4. The maximum absolute atomic E-state index is 14.0. The maximum Gasteiger partial charge on any atom is 0.192 e. The van der Waals surface area contributed by atoms with E-state index in [9.17, 15) is 8.42 Å². The number of sulfone groups is 1. The van der Waals surface area contributed by atoms with Gasteiger partial charge in [-0.3, -0.25) is 0 Å². The molecule has 0 fully saturated rings. The minimum absolute atomic E-state index is 0.122. The van der Waals surface area contributed by atoms with Gasteiger partial charge in [-0.05, 0) is 87.7 Å². The summed E-state index contributed by atoms with van der Waals surface area (Å²) in [4.78, 5) is 0.421. The predicted molar refractivity (Wildman–Crippen MR) is 144 cm³/mol. The van der Waals surface area contributed by atoms with Crippen molar-refractivity contribution in [3.63, 3.8) is 0 Å². The Kier molecular flexibility index (Phi) is 8.68. The second-order valence-corrected chi connectivity index (χ2v) is 19.0. The van der Waals surface area contributed by atoms with Gasteiger partial charge < -0.3 is 4.43 Å². The van der Waals surface area contributed by atoms with Gasteiger partial charge in [0.2, 0.25) is 0 Å². The Bertz CT molecular complexity index is 991. The molecule has 0 radical (unpaired) electrons. The lowest BCUT2D eigenvalue weighted by Gasteiger charge is -2.39. The van der Waals surface area contributed by atoms with Crippen molar-refractivity contribution < 1.29 is 12.8 Å². The third kappa shape index (κ3) is 6.70. The van der Waals surface area contributed by atoms with Crippen LogP contribution in [0.15, 0.2) is 52.0 Å². The minimum atomic E-state index is -3.52. The zero-order valence-electron chi connectivity index (χ0n) is 22.6. The quantitative estimate of drug-likeness (QED) is 0.274. The van der Waals surface area contributed by atoms with Gasteiger partial charge in [0.25, 0.3) is 0 Å². The van der Waals surface area contributed by atoms with Crippen LogP contribution in [0.1, 0.15) is 79.7 Å². The van der Waals surface area contributed by atoms with Gasteiger partial charge in [0.15, 0.2) is 18.2 Å². The molecule has 1 aromatic rings. The average Bonchev–Trinajstić information content (AvgIpc) is 2.65. The van der Waals surface area contributed by atoms with Crippen molar-refractivity contribution in [2.45, 2.75) is 109 Å². The fourth-order valence-electron chi connectivity index (χ4n) is 4.60. The Morgan fingerprint density at radius 1 is 1.15 bits per heavy atom. The van der Waals surface area contributed by atoms with Crippen molar-refractivity contribution in [3.05, 3.63) is 52.6 Å². The second-order valence-electron chi connectivity index (χ2n) is 12.1. The molecule has 0 aromatic heterocycles. The fourth-order valence-corrected chi connectivity index (χ4v) is 7.69. The third-order valence-electron chi connectivity index (χ3n) is 7.78. The summed E-state index contributed by atoms with van der Waals surface area (Å²) in [6.07, 6.45) is 5.73. The highest BCUT2D eigenvalue weighted by Gasteiger charge is 2.41. The first-order valence-electron chi connectivity index (χ1n) is 12.3. The van der Waals surface area contributed by atoms with E-state index in [1.54, 1.807) is 12.1 Å². The summed E-state index contributed by atoms with van der Waals surface area (Å²) < 4.78 is 34.3. The molecule has 1 unspecified atom stereocenters. The normalized spacial score (nSPS) is 19.0. The van der Waals surface area contributed by atoms with Crippen molar-refractivity contribution in [2.24, 2.45) is 5.41 Å². The lowest BCUT2D eigenvalue weighted by Crippen LogP contribution is -2.40. The van der Waals surface area contributed by atoms with Gasteiger partial charge in [0, 0.05) is 0 Å². The molecule has 1 atom stereocenters. The van der Waals surface area contributed by atoms with Gasteiger partial charge in [0.1, 0.15) is 0 Å². The highest BCUT2D eigenvalue weighted by atomic mass is 32.2. The van der Waals surface area contributed by atoms with Gasteiger partial charge >= 0.3 is 0 Å². The highest BCUT2D eigenvalue weighted by molar-refractivity contribution is 7.92. The Hall–Kier alpha value is -1.17. The van der Waals surface area contributed by atoms with Crippen LogP contribution in [0.5, 0.6) is 0 Å². The molecule has 0 saturated carbocycles. The topological polar surface area (TPSA) is 43.4 Å². The summed E-state index contributed by atoms with van der Waals surface area (Å²) in [7, 11) is -5.37. The van der Waals surface area contributed by atoms with Crippen molar-refractivity contribution >= 4 is 18.2 Å². The van der Waals surface area contributed by atoms with E-state index in [4.69, 9.17) is 4.43 Å². The summed E-state index contributed by atoms with van der Waals surface area (Å²) in [5.74, 6) is 0. The molecule has 0 heterocycles. The summed E-state index contributed by atoms with van der Waals surface area (Å²) in [6.45, 7) is 22.3. The molecule has 186 valence electrons. The second kappa shape index (κ2) is 10.2. The van der Waals surface area contributed by atoms with E-state index in [1.807, 2.05) is 19.1 Å². The van der Waals surface area contributed by atoms with E-state index in [-0.39, 0.29) is 10.5 Å². The molecule has 0 amide bonds. The minimum Gasteiger partial charge on any atom is -0.413 e. The van der Waals surface area contributed by atoms with Crippen LogP contribution in [0.2, 0.25) is 18.1 Å². The Labute approximate surface area is 204 Å². The Morgan fingerprint density at radius 2 is 1.73 bits per heavy atom. The summed E-state index contributed by atoms with van der Waals surface area (Å²) >= 11 is 0. The number of benzene rings is 1. The van der Waals surface area contributed by atoms with E-state index in [0.29, 0.717) is 17.9 Å². The molecule has 3 nitrogen and oxygen atoms in total. The lowest BCUT2D eigenvalue weighted by atomic mass is 9.71. The zero-order valence-corrected chi connectivity index (χ0v) is 24.4. The first-order chi connectivity index (χ1) is 15.0. The maximum atomic E-state index is 14.0. The average molecular weight is 491 g/mol. The van der Waals surface area contributed by atoms with E-state index in [0.717, 1.165) is 36.0 Å². The summed E-state index contributed by atoms with van der Waals surface area (Å²) in [5.41, 5.74) is 4.39. The molecule has 0 N–H and O–H groups in total. The zero-order chi connectivity index (χ0) is 25.2. The Balaban J connectivity index is 2.43. The summed E-state index contributed by atoms with van der Waals surface area (Å²) in [6, 6.07) is 7.33. The fraction of sp³-hybridized carbons (Fsp3) is 0.643. The molecule has 2 rings (SSSR count). The van der Waals surface area contributed by atoms with Gasteiger partial charge in [-0.25, -0.2) is 8.42 Å². The molecule has 0 spiro atoms. The van der Waals surface area contributed by atoms with Crippen molar-refractivity contribution in [2.75, 3.05) is 6.61 Å². The van der Waals surface area contributed by atoms with Gasteiger partial charge in [-0.1, -0.05) is 69.5 Å². The monoisotopic (exact) mass is 490 g/mol. The molecule has 5 heteroatoms. The highest BCUT2D eigenvalue weighted by Crippen LogP contribution is 2.46. The van der Waals surface area contributed by atoms with Crippen LogP contribution in [0.4, 0.5) is 0 Å². The van der Waals surface area contributed by atoms with Gasteiger partial charge in [-0.15, -0.1) is 0 Å². The molecular weight excluding hydrogens is 444 g/mol. The molecule has 0 bridgehead atoms. The van der Waals surface area contributed by atoms with Crippen LogP contribution in [0.3, 0.4) is 0 Å². The number of hydrogen-bond acceptors (Lipinski definition) is 3. The van der Waals surface area contributed by atoms with Crippen LogP contribution < -0.4 is 0 Å². The lowest BCUT2D eigenvalue weighted by molar-refractivity contribution is 0.326. The number of rotatable bonds is 8. The molecule has 1 aliphatic carbocycles. The van der Waals surface area contributed by atoms with E-state index in [1.165, 1.54) is 5.57 Å². The standard InChI is InChI=1S/C28H46O3SSi/c1-21-13-15-24(16-14-21)32(29,30)25(26-23(3)12-11-18-28(26,7)8)20-22(2)17-19-31-33(9,10)27(4,5)6/h13-17,25H,11-12,18-20H2,1-10H3/b22-17+. The van der Waals surface area contributed by atoms with E-state index in [2.05, 4.69) is 67.6 Å². The Morgan fingerprint density at radius 3 is 2.24 bits per heavy atom. The molecule has 1 aromatic carbocycles. The summed E-state index contributed by atoms with van der Waals surface area (Å²) in [5, 5.41) is -0.389. The van der Waals surface area contributed by atoms with Gasteiger partial charge in [0.05, 0.1) is 16.8 Å². The van der Waals surface area contributed by atoms with Crippen LogP contribution in [0, 0.1) is 12.3 Å². The smallest absolute Gasteiger partial charge is 0.192 e. The molecule has 33 heavy (non-hydrogen) atoms. The van der Waals surface area contributed by atoms with Crippen molar-refractivity contribution in [1.82, 2.24) is 0 Å². The molecule has 0 aliphatic heterocycles. The van der Waals surface area contributed by atoms with Crippen LogP contribution >= 0.6 is 0 Å². The first kappa shape index (κ1) is 28.1. The number of hydrogen-bond donors (Lipinski definition) is 0. The van der Waals surface area contributed by atoms with Crippen LogP contribution in [-0.2, 0) is 14.3 Å². The largest absolute Gasteiger partial charge is 0.413 e. The molecule has 1 aliphatic rings. The molecule has 0 saturated heterocycles. The van der Waals surface area contributed by atoms with Crippen molar-refractivity contribution in [1.29, 1.82) is 0 Å².